The molecule has 1 aliphatic heterocycles. The summed E-state index contributed by atoms with van der Waals surface area (Å²) in [5, 5.41) is 0. The fourth-order valence-electron chi connectivity index (χ4n) is 5.36. The van der Waals surface area contributed by atoms with E-state index in [1.807, 2.05) is 13.0 Å². The number of hydrogen-bond acceptors (Lipinski definition) is 7. The number of nitrogens with one attached hydrogen (secondary N) is 1. The Morgan fingerprint density at radius 2 is 2.07 bits per heavy atom. The first-order valence-electron chi connectivity index (χ1n) is 10.5. The van der Waals surface area contributed by atoms with Crippen LogP contribution in [-0.4, -0.2) is 73.6 Å². The van der Waals surface area contributed by atoms with Crippen LogP contribution >= 0.6 is 0 Å². The summed E-state index contributed by atoms with van der Waals surface area (Å²) in [5.74, 6) is 1.45. The van der Waals surface area contributed by atoms with Gasteiger partial charge in [0, 0.05) is 29.9 Å². The number of amides is 1. The van der Waals surface area contributed by atoms with E-state index in [2.05, 4.69) is 14.7 Å². The van der Waals surface area contributed by atoms with Gasteiger partial charge in [0.2, 0.25) is 10.0 Å². The molecule has 1 N–H and O–H groups in total. The molecule has 1 saturated heterocycles. The van der Waals surface area contributed by atoms with Gasteiger partial charge in [0.05, 0.1) is 32.1 Å². The topological polar surface area (TPSA) is 111 Å². The first-order chi connectivity index (χ1) is 14.2. The quantitative estimate of drug-likeness (QED) is 0.716. The van der Waals surface area contributed by atoms with Crippen molar-refractivity contribution >= 4 is 16.1 Å². The molecule has 30 heavy (non-hydrogen) atoms. The Kier molecular flexibility index (Phi) is 5.75. The lowest BCUT2D eigenvalue weighted by Crippen LogP contribution is -2.50. The Morgan fingerprint density at radius 3 is 2.70 bits per heavy atom. The molecule has 3 fully saturated rings. The monoisotopic (exact) mass is 438 g/mol. The van der Waals surface area contributed by atoms with Gasteiger partial charge in [-0.15, -0.1) is 0 Å². The third-order valence-electron chi connectivity index (χ3n) is 6.85. The number of aromatic nitrogens is 2. The minimum Gasteiger partial charge on any atom is -0.453 e. The molecule has 0 bridgehead atoms. The van der Waals surface area contributed by atoms with E-state index in [1.54, 1.807) is 17.3 Å². The number of fused-ring (bicyclic) bond motifs is 1. The van der Waals surface area contributed by atoms with Gasteiger partial charge in [-0.1, -0.05) is 0 Å². The molecule has 6 atom stereocenters. The number of carbonyl (C=O) groups excluding carboxylic acids is 1. The third kappa shape index (κ3) is 4.17. The third-order valence-corrected chi connectivity index (χ3v) is 7.58. The fraction of sp³-hybridized carbons (Fsp3) is 0.750. The van der Waals surface area contributed by atoms with E-state index in [0.717, 1.165) is 37.8 Å². The molecule has 4 rings (SSSR count). The number of hydrogen-bond donors (Lipinski definition) is 1. The highest BCUT2D eigenvalue weighted by atomic mass is 32.2. The summed E-state index contributed by atoms with van der Waals surface area (Å²) < 4.78 is 37.5. The number of likely N-dealkylation sites (tertiary alicyclic amines) is 1. The summed E-state index contributed by atoms with van der Waals surface area (Å²) >= 11 is 0. The number of rotatable bonds is 6. The smallest absolute Gasteiger partial charge is 0.410 e. The summed E-state index contributed by atoms with van der Waals surface area (Å²) in [6.07, 6.45) is 8.79. The van der Waals surface area contributed by atoms with Crippen molar-refractivity contribution in [3.8, 4) is 0 Å². The lowest BCUT2D eigenvalue weighted by molar-refractivity contribution is -0.0103. The highest BCUT2D eigenvalue weighted by Crippen LogP contribution is 2.61. The average molecular weight is 439 g/mol. The standard InChI is InChI=1S/C20H30N4O5S/c1-13-9-16(23-30(3,26)27)17(24(13)19(25)28-2)12-29-15-5-6-20(11-14(20)10-15)18-21-7-4-8-22-18/h4,7-8,13-17,23H,5-6,9-12H2,1-3H3/t13-,14?,15?,16+,17+,20?/m1/s1. The second-order valence-corrected chi connectivity index (χ2v) is 10.7. The predicted molar refractivity (Wildman–Crippen MR) is 109 cm³/mol. The lowest BCUT2D eigenvalue weighted by atomic mass is 9.86. The number of methoxy groups -OCH3 is 1. The zero-order chi connectivity index (χ0) is 21.5. The fourth-order valence-corrected chi connectivity index (χ4v) is 6.16. The Labute approximate surface area is 177 Å². The molecule has 3 aliphatic rings. The molecule has 2 aliphatic carbocycles. The zero-order valence-corrected chi connectivity index (χ0v) is 18.5. The second kappa shape index (κ2) is 8.05. The summed E-state index contributed by atoms with van der Waals surface area (Å²) in [7, 11) is -2.06. The molecule has 0 aromatic carbocycles. The molecule has 166 valence electrons. The Hall–Kier alpha value is -1.78. The van der Waals surface area contributed by atoms with Crippen molar-refractivity contribution in [3.05, 3.63) is 24.3 Å². The molecule has 9 nitrogen and oxygen atoms in total. The maximum atomic E-state index is 12.3. The van der Waals surface area contributed by atoms with E-state index in [-0.39, 0.29) is 24.2 Å². The van der Waals surface area contributed by atoms with E-state index in [4.69, 9.17) is 9.47 Å². The predicted octanol–water partition coefficient (Wildman–Crippen LogP) is 1.45. The zero-order valence-electron chi connectivity index (χ0n) is 17.7. The second-order valence-electron chi connectivity index (χ2n) is 8.89. The maximum absolute atomic E-state index is 12.3. The number of ether oxygens (including phenoxy) is 2. The van der Waals surface area contributed by atoms with Crippen LogP contribution in [0.25, 0.3) is 0 Å². The Balaban J connectivity index is 1.39. The molecule has 3 unspecified atom stereocenters. The van der Waals surface area contributed by atoms with Crippen molar-refractivity contribution in [2.45, 2.75) is 68.7 Å². The molecule has 1 aromatic rings. The van der Waals surface area contributed by atoms with Crippen LogP contribution in [0.1, 0.15) is 44.9 Å². The molecule has 2 heterocycles. The first-order valence-corrected chi connectivity index (χ1v) is 12.4. The lowest BCUT2D eigenvalue weighted by Gasteiger charge is -2.32. The molecular weight excluding hydrogens is 408 g/mol. The first kappa shape index (κ1) is 21.5. The maximum Gasteiger partial charge on any atom is 0.410 e. The molecule has 1 aromatic heterocycles. The van der Waals surface area contributed by atoms with Crippen LogP contribution in [0.2, 0.25) is 0 Å². The van der Waals surface area contributed by atoms with Crippen LogP contribution in [0.3, 0.4) is 0 Å². The van der Waals surface area contributed by atoms with Gasteiger partial charge in [-0.3, -0.25) is 4.90 Å². The van der Waals surface area contributed by atoms with E-state index < -0.39 is 28.2 Å². The van der Waals surface area contributed by atoms with Gasteiger partial charge < -0.3 is 9.47 Å². The molecule has 0 radical (unpaired) electrons. The minimum atomic E-state index is -3.40. The van der Waals surface area contributed by atoms with Crippen molar-refractivity contribution in [1.82, 2.24) is 19.6 Å². The number of sulfonamides is 1. The Morgan fingerprint density at radius 1 is 1.33 bits per heavy atom. The van der Waals surface area contributed by atoms with Crippen LogP contribution < -0.4 is 4.72 Å². The summed E-state index contributed by atoms with van der Waals surface area (Å²) in [6.45, 7) is 2.17. The van der Waals surface area contributed by atoms with Crippen molar-refractivity contribution in [2.24, 2.45) is 5.92 Å². The van der Waals surface area contributed by atoms with Crippen molar-refractivity contribution in [3.63, 3.8) is 0 Å². The molecular formula is C20H30N4O5S. The van der Waals surface area contributed by atoms with Crippen molar-refractivity contribution in [2.75, 3.05) is 20.0 Å². The van der Waals surface area contributed by atoms with E-state index >= 15 is 0 Å². The SMILES string of the molecule is COC(=O)N1[C@H](C)C[C@H](NS(C)(=O)=O)[C@@H]1COC1CCC2(c3ncccn3)CC2C1. The van der Waals surface area contributed by atoms with Crippen LogP contribution in [0.5, 0.6) is 0 Å². The normalized spacial score (nSPS) is 35.7. The number of nitrogens with zero attached hydrogens (tertiary/aromatic N) is 3. The van der Waals surface area contributed by atoms with Crippen LogP contribution in [0.4, 0.5) is 4.79 Å². The highest BCUT2D eigenvalue weighted by molar-refractivity contribution is 7.88. The Bertz CT molecular complexity index is 882. The molecule has 10 heteroatoms. The van der Waals surface area contributed by atoms with Gasteiger partial charge in [-0.25, -0.2) is 27.9 Å². The van der Waals surface area contributed by atoms with Crippen molar-refractivity contribution in [1.29, 1.82) is 0 Å². The van der Waals surface area contributed by atoms with Gasteiger partial charge in [-0.05, 0) is 51.0 Å². The van der Waals surface area contributed by atoms with Gasteiger partial charge in [0.1, 0.15) is 5.82 Å². The van der Waals surface area contributed by atoms with Crippen LogP contribution in [0.15, 0.2) is 18.5 Å². The van der Waals surface area contributed by atoms with Gasteiger partial charge in [0.15, 0.2) is 0 Å². The van der Waals surface area contributed by atoms with E-state index in [9.17, 15) is 13.2 Å². The summed E-state index contributed by atoms with van der Waals surface area (Å²) in [5.41, 5.74) is 0.0986. The van der Waals surface area contributed by atoms with Gasteiger partial charge >= 0.3 is 6.09 Å². The number of carbonyl (C=O) groups is 1. The van der Waals surface area contributed by atoms with Crippen LogP contribution in [-0.2, 0) is 24.9 Å². The van der Waals surface area contributed by atoms with Crippen molar-refractivity contribution < 1.29 is 22.7 Å². The molecule has 0 spiro atoms. The minimum absolute atomic E-state index is 0.0867. The van der Waals surface area contributed by atoms with Crippen LogP contribution in [0, 0.1) is 5.92 Å². The van der Waals surface area contributed by atoms with E-state index in [0.29, 0.717) is 12.3 Å². The molecule has 1 amide bonds. The molecule has 2 saturated carbocycles. The van der Waals surface area contributed by atoms with Gasteiger partial charge in [0.25, 0.3) is 0 Å². The van der Waals surface area contributed by atoms with Gasteiger partial charge in [-0.2, -0.15) is 0 Å². The highest BCUT2D eigenvalue weighted by Gasteiger charge is 2.60. The largest absolute Gasteiger partial charge is 0.453 e. The average Bonchev–Trinajstić information content (AvgIpc) is 3.37. The van der Waals surface area contributed by atoms with E-state index in [1.165, 1.54) is 7.11 Å². The summed E-state index contributed by atoms with van der Waals surface area (Å²) in [4.78, 5) is 22.8. The summed E-state index contributed by atoms with van der Waals surface area (Å²) in [6, 6.07) is 0.909.